The molecule has 0 atom stereocenters. The fraction of sp³-hybridized carbons (Fsp3) is 0.188. The second-order valence-electron chi connectivity index (χ2n) is 4.74. The van der Waals surface area contributed by atoms with Gasteiger partial charge in [-0.1, -0.05) is 41.4 Å². The monoisotopic (exact) mass is 339 g/mol. The molecule has 0 heterocycles. The van der Waals surface area contributed by atoms with Gasteiger partial charge in [0.05, 0.1) is 10.0 Å². The van der Waals surface area contributed by atoms with Crippen LogP contribution in [0.4, 0.5) is 0 Å². The van der Waals surface area contributed by atoms with Crippen LogP contribution in [0.3, 0.4) is 0 Å². The van der Waals surface area contributed by atoms with Gasteiger partial charge in [-0.3, -0.25) is 4.79 Å². The molecule has 1 amide bonds. The summed E-state index contributed by atoms with van der Waals surface area (Å²) in [6.07, 6.45) is 0. The summed E-state index contributed by atoms with van der Waals surface area (Å²) < 4.78 is 0. The molecule has 0 saturated heterocycles. The van der Waals surface area contributed by atoms with E-state index in [1.54, 1.807) is 30.8 Å². The van der Waals surface area contributed by atoms with Gasteiger partial charge in [0.2, 0.25) is 0 Å². The number of carbonyl (C=O) groups is 1. The second-order valence-corrected chi connectivity index (χ2v) is 6.54. The van der Waals surface area contributed by atoms with Crippen LogP contribution in [-0.2, 0) is 5.75 Å². The van der Waals surface area contributed by atoms with Gasteiger partial charge in [-0.2, -0.15) is 0 Å². The lowest BCUT2D eigenvalue weighted by molar-refractivity contribution is 0.0827. The fourth-order valence-corrected chi connectivity index (χ4v) is 3.42. The summed E-state index contributed by atoms with van der Waals surface area (Å²) in [7, 11) is 3.48. The molecule has 110 valence electrons. The Kier molecular flexibility index (Phi) is 5.57. The molecule has 0 aliphatic rings. The molecule has 0 N–H and O–H groups in total. The smallest absolute Gasteiger partial charge is 0.253 e. The molecule has 2 aromatic rings. The summed E-state index contributed by atoms with van der Waals surface area (Å²) in [5.41, 5.74) is 1.80. The van der Waals surface area contributed by atoms with E-state index in [1.807, 2.05) is 42.5 Å². The maximum atomic E-state index is 11.8. The molecule has 0 spiro atoms. The zero-order valence-electron chi connectivity index (χ0n) is 11.8. The lowest BCUT2D eigenvalue weighted by Crippen LogP contribution is -2.21. The van der Waals surface area contributed by atoms with E-state index in [2.05, 4.69) is 0 Å². The molecule has 2 rings (SSSR count). The van der Waals surface area contributed by atoms with Crippen LogP contribution in [0.15, 0.2) is 47.4 Å². The summed E-state index contributed by atoms with van der Waals surface area (Å²) in [4.78, 5) is 14.3. The Morgan fingerprint density at radius 3 is 2.14 bits per heavy atom. The molecule has 0 aliphatic heterocycles. The van der Waals surface area contributed by atoms with Crippen LogP contribution < -0.4 is 0 Å². The van der Waals surface area contributed by atoms with Crippen molar-refractivity contribution < 1.29 is 4.79 Å². The molecule has 0 saturated carbocycles. The topological polar surface area (TPSA) is 20.3 Å². The Labute approximate surface area is 139 Å². The molecule has 0 aliphatic carbocycles. The van der Waals surface area contributed by atoms with Gasteiger partial charge in [0.25, 0.3) is 5.91 Å². The minimum Gasteiger partial charge on any atom is -0.345 e. The number of nitrogens with zero attached hydrogens (tertiary/aromatic N) is 1. The summed E-state index contributed by atoms with van der Waals surface area (Å²) in [5.74, 6) is 0.753. The van der Waals surface area contributed by atoms with Crippen LogP contribution in [-0.4, -0.2) is 24.9 Å². The number of rotatable bonds is 4. The maximum absolute atomic E-state index is 11.8. The highest BCUT2D eigenvalue weighted by Gasteiger charge is 2.09. The Bertz CT molecular complexity index is 621. The molecule has 0 fully saturated rings. The quantitative estimate of drug-likeness (QED) is 0.731. The van der Waals surface area contributed by atoms with Crippen molar-refractivity contribution in [2.24, 2.45) is 0 Å². The van der Waals surface area contributed by atoms with Crippen molar-refractivity contribution >= 4 is 40.9 Å². The van der Waals surface area contributed by atoms with Gasteiger partial charge in [-0.15, -0.1) is 11.8 Å². The van der Waals surface area contributed by atoms with E-state index in [9.17, 15) is 4.79 Å². The Morgan fingerprint density at radius 1 is 1.05 bits per heavy atom. The van der Waals surface area contributed by atoms with Crippen molar-refractivity contribution in [1.82, 2.24) is 4.90 Å². The van der Waals surface area contributed by atoms with E-state index < -0.39 is 0 Å². The molecule has 5 heteroatoms. The SMILES string of the molecule is CN(C)C(=O)c1ccc(CSc2c(Cl)cccc2Cl)cc1. The zero-order chi connectivity index (χ0) is 15.4. The number of carbonyl (C=O) groups excluding carboxylic acids is 1. The van der Waals surface area contributed by atoms with Crippen LogP contribution in [0.1, 0.15) is 15.9 Å². The Hall–Kier alpha value is -1.16. The number of thioether (sulfide) groups is 1. The van der Waals surface area contributed by atoms with Gasteiger partial charge in [-0.05, 0) is 29.8 Å². The maximum Gasteiger partial charge on any atom is 0.253 e. The summed E-state index contributed by atoms with van der Waals surface area (Å²) in [6, 6.07) is 13.1. The first kappa shape index (κ1) is 16.2. The largest absolute Gasteiger partial charge is 0.345 e. The van der Waals surface area contributed by atoms with Crippen molar-refractivity contribution in [3.05, 3.63) is 63.6 Å². The van der Waals surface area contributed by atoms with Crippen LogP contribution in [0.5, 0.6) is 0 Å². The lowest BCUT2D eigenvalue weighted by Gasteiger charge is -2.11. The number of halogens is 2. The average molecular weight is 340 g/mol. The molecule has 0 unspecified atom stereocenters. The van der Waals surface area contributed by atoms with Gasteiger partial charge in [0.15, 0.2) is 0 Å². The Balaban J connectivity index is 2.06. The highest BCUT2D eigenvalue weighted by atomic mass is 35.5. The number of hydrogen-bond donors (Lipinski definition) is 0. The predicted octanol–water partition coefficient (Wildman–Crippen LogP) is 4.99. The van der Waals surface area contributed by atoms with Crippen molar-refractivity contribution in [3.8, 4) is 0 Å². The summed E-state index contributed by atoms with van der Waals surface area (Å²) >= 11 is 13.9. The van der Waals surface area contributed by atoms with Gasteiger partial charge < -0.3 is 4.90 Å². The van der Waals surface area contributed by atoms with Crippen molar-refractivity contribution in [3.63, 3.8) is 0 Å². The Morgan fingerprint density at radius 2 is 1.62 bits per heavy atom. The van der Waals surface area contributed by atoms with E-state index >= 15 is 0 Å². The number of hydrogen-bond acceptors (Lipinski definition) is 2. The summed E-state index contributed by atoms with van der Waals surface area (Å²) in [5, 5.41) is 1.32. The molecular weight excluding hydrogens is 325 g/mol. The van der Waals surface area contributed by atoms with E-state index in [4.69, 9.17) is 23.2 Å². The van der Waals surface area contributed by atoms with Gasteiger partial charge >= 0.3 is 0 Å². The molecule has 0 aromatic heterocycles. The molecule has 2 nitrogen and oxygen atoms in total. The van der Waals surface area contributed by atoms with Gasteiger partial charge in [0, 0.05) is 30.3 Å². The van der Waals surface area contributed by atoms with Crippen molar-refractivity contribution in [1.29, 1.82) is 0 Å². The number of amides is 1. The van der Waals surface area contributed by atoms with E-state index in [0.717, 1.165) is 16.2 Å². The van der Waals surface area contributed by atoms with E-state index in [-0.39, 0.29) is 5.91 Å². The summed E-state index contributed by atoms with van der Waals surface area (Å²) in [6.45, 7) is 0. The van der Waals surface area contributed by atoms with Crippen molar-refractivity contribution in [2.45, 2.75) is 10.6 Å². The normalized spacial score (nSPS) is 10.5. The molecule has 0 bridgehead atoms. The van der Waals surface area contributed by atoms with E-state index in [0.29, 0.717) is 15.6 Å². The first-order chi connectivity index (χ1) is 9.99. The number of benzene rings is 2. The third kappa shape index (κ3) is 4.16. The molecular formula is C16H15Cl2NOS. The second kappa shape index (κ2) is 7.21. The average Bonchev–Trinajstić information content (AvgIpc) is 2.46. The fourth-order valence-electron chi connectivity index (χ4n) is 1.78. The first-order valence-electron chi connectivity index (χ1n) is 6.36. The highest BCUT2D eigenvalue weighted by Crippen LogP contribution is 2.35. The molecule has 21 heavy (non-hydrogen) atoms. The van der Waals surface area contributed by atoms with Gasteiger partial charge in [-0.25, -0.2) is 0 Å². The highest BCUT2D eigenvalue weighted by molar-refractivity contribution is 7.98. The van der Waals surface area contributed by atoms with Gasteiger partial charge in [0.1, 0.15) is 0 Å². The minimum atomic E-state index is 0.00310. The zero-order valence-corrected chi connectivity index (χ0v) is 14.1. The third-order valence-electron chi connectivity index (χ3n) is 2.91. The lowest BCUT2D eigenvalue weighted by atomic mass is 10.1. The third-order valence-corrected chi connectivity index (χ3v) is 4.97. The van der Waals surface area contributed by atoms with E-state index in [1.165, 1.54) is 0 Å². The first-order valence-corrected chi connectivity index (χ1v) is 8.10. The molecule has 2 aromatic carbocycles. The van der Waals surface area contributed by atoms with Crippen LogP contribution in [0, 0.1) is 0 Å². The van der Waals surface area contributed by atoms with Crippen LogP contribution in [0.2, 0.25) is 10.0 Å². The minimum absolute atomic E-state index is 0.00310. The van der Waals surface area contributed by atoms with Crippen molar-refractivity contribution in [2.75, 3.05) is 14.1 Å². The standard InChI is InChI=1S/C16H15Cl2NOS/c1-19(2)16(20)12-8-6-11(7-9-12)10-21-15-13(17)4-3-5-14(15)18/h3-9H,10H2,1-2H3. The molecule has 0 radical (unpaired) electrons. The van der Waals surface area contributed by atoms with Crippen LogP contribution >= 0.6 is 35.0 Å². The van der Waals surface area contributed by atoms with Crippen LogP contribution in [0.25, 0.3) is 0 Å². The predicted molar refractivity (Wildman–Crippen MR) is 90.5 cm³/mol.